The third kappa shape index (κ3) is 2.99. The van der Waals surface area contributed by atoms with E-state index in [1.54, 1.807) is 0 Å². The van der Waals surface area contributed by atoms with Gasteiger partial charge in [-0.05, 0) is 19.3 Å². The summed E-state index contributed by atoms with van der Waals surface area (Å²) in [6, 6.07) is 0. The molecule has 0 unspecified atom stereocenters. The molecule has 0 radical (unpaired) electrons. The van der Waals surface area contributed by atoms with Crippen molar-refractivity contribution in [2.45, 2.75) is 24.8 Å². The number of aromatic nitrogens is 3. The Hall–Kier alpha value is -1.71. The fourth-order valence-corrected chi connectivity index (χ4v) is 2.55. The Bertz CT molecular complexity index is 483. The molecule has 9 heteroatoms. The van der Waals surface area contributed by atoms with Crippen LogP contribution in [0.1, 0.15) is 19.3 Å². The second-order valence-electron chi connectivity index (χ2n) is 5.44. The maximum absolute atomic E-state index is 9.54. The second-order valence-corrected chi connectivity index (χ2v) is 5.44. The van der Waals surface area contributed by atoms with Gasteiger partial charge < -0.3 is 20.1 Å². The molecule has 2 aliphatic rings. The van der Waals surface area contributed by atoms with Crippen molar-refractivity contribution in [3.63, 3.8) is 0 Å². The van der Waals surface area contributed by atoms with Crippen molar-refractivity contribution in [3.8, 4) is 0 Å². The van der Waals surface area contributed by atoms with Crippen molar-refractivity contribution >= 4 is 17.8 Å². The summed E-state index contributed by atoms with van der Waals surface area (Å²) in [7, 11) is 0. The van der Waals surface area contributed by atoms with Gasteiger partial charge in [-0.3, -0.25) is 5.43 Å². The highest BCUT2D eigenvalue weighted by Gasteiger charge is 2.37. The molecule has 3 rings (SSSR count). The molecule has 1 aromatic rings. The van der Waals surface area contributed by atoms with Gasteiger partial charge in [-0.1, -0.05) is 0 Å². The normalized spacial score (nSPS) is 20.8. The molecule has 0 atom stereocenters. The maximum Gasteiger partial charge on any atom is 0.243 e. The number of nitrogens with zero attached hydrogens (tertiary/aromatic N) is 4. The maximum atomic E-state index is 9.54. The lowest BCUT2D eigenvalue weighted by Gasteiger charge is -2.41. The minimum atomic E-state index is -0.310. The van der Waals surface area contributed by atoms with E-state index >= 15 is 0 Å². The highest BCUT2D eigenvalue weighted by molar-refractivity contribution is 5.45. The third-order valence-electron chi connectivity index (χ3n) is 4.04. The molecule has 116 valence electrons. The van der Waals surface area contributed by atoms with Gasteiger partial charge in [0, 0.05) is 13.1 Å². The van der Waals surface area contributed by atoms with Gasteiger partial charge in [0.25, 0.3) is 0 Å². The van der Waals surface area contributed by atoms with E-state index in [0.29, 0.717) is 31.1 Å². The number of rotatable bonds is 5. The van der Waals surface area contributed by atoms with E-state index in [2.05, 4.69) is 25.7 Å². The fraction of sp³-hybridized carbons (Fsp3) is 0.750. The van der Waals surface area contributed by atoms with Crippen molar-refractivity contribution in [2.24, 2.45) is 5.84 Å². The topological polar surface area (TPSA) is 121 Å². The Morgan fingerprint density at radius 2 is 1.90 bits per heavy atom. The Morgan fingerprint density at radius 1 is 1.19 bits per heavy atom. The van der Waals surface area contributed by atoms with Gasteiger partial charge in [0.15, 0.2) is 0 Å². The summed E-state index contributed by atoms with van der Waals surface area (Å²) in [6.07, 6.45) is 2.91. The summed E-state index contributed by atoms with van der Waals surface area (Å²) in [5, 5.41) is 12.8. The first kappa shape index (κ1) is 14.2. The van der Waals surface area contributed by atoms with E-state index in [4.69, 9.17) is 10.6 Å². The highest BCUT2D eigenvalue weighted by atomic mass is 16.5. The van der Waals surface area contributed by atoms with E-state index in [1.165, 1.54) is 0 Å². The van der Waals surface area contributed by atoms with Crippen LogP contribution in [0.3, 0.4) is 0 Å². The van der Waals surface area contributed by atoms with Crippen LogP contribution in [0.25, 0.3) is 0 Å². The highest BCUT2D eigenvalue weighted by Crippen LogP contribution is 2.34. The summed E-state index contributed by atoms with van der Waals surface area (Å²) >= 11 is 0. The van der Waals surface area contributed by atoms with Crippen LogP contribution in [-0.2, 0) is 4.74 Å². The minimum Gasteiger partial charge on any atom is -0.394 e. The van der Waals surface area contributed by atoms with Crippen LogP contribution in [-0.4, -0.2) is 58.5 Å². The summed E-state index contributed by atoms with van der Waals surface area (Å²) in [4.78, 5) is 15.0. The van der Waals surface area contributed by atoms with Crippen LogP contribution < -0.4 is 21.5 Å². The Balaban J connectivity index is 1.82. The van der Waals surface area contributed by atoms with Crippen LogP contribution in [0.2, 0.25) is 0 Å². The number of hydrogen-bond acceptors (Lipinski definition) is 9. The number of morpholine rings is 1. The van der Waals surface area contributed by atoms with Crippen LogP contribution in [0.5, 0.6) is 0 Å². The predicted octanol–water partition coefficient (Wildman–Crippen LogP) is -0.679. The smallest absolute Gasteiger partial charge is 0.243 e. The molecule has 21 heavy (non-hydrogen) atoms. The van der Waals surface area contributed by atoms with Crippen molar-refractivity contribution < 1.29 is 9.84 Å². The molecule has 2 heterocycles. The number of nitrogen functional groups attached to an aromatic ring is 1. The average molecular weight is 295 g/mol. The molecule has 1 saturated carbocycles. The van der Waals surface area contributed by atoms with Crippen molar-refractivity contribution in [1.29, 1.82) is 0 Å². The van der Waals surface area contributed by atoms with E-state index in [1.807, 2.05) is 4.90 Å². The quantitative estimate of drug-likeness (QED) is 0.413. The van der Waals surface area contributed by atoms with E-state index in [-0.39, 0.29) is 12.1 Å². The molecular weight excluding hydrogens is 274 g/mol. The molecular formula is C12H21N7O2. The third-order valence-corrected chi connectivity index (χ3v) is 4.04. The first-order valence-corrected chi connectivity index (χ1v) is 7.19. The molecule has 0 aromatic carbocycles. The number of nitrogens with one attached hydrogen (secondary N) is 2. The molecule has 0 spiro atoms. The molecule has 5 N–H and O–H groups in total. The van der Waals surface area contributed by atoms with Gasteiger partial charge in [-0.2, -0.15) is 15.0 Å². The number of hydrazine groups is 1. The summed E-state index contributed by atoms with van der Waals surface area (Å²) in [6.45, 7) is 2.84. The number of nitrogens with two attached hydrogens (primary N) is 1. The zero-order valence-corrected chi connectivity index (χ0v) is 11.9. The Kier molecular flexibility index (Phi) is 4.04. The number of anilines is 3. The van der Waals surface area contributed by atoms with Crippen LogP contribution >= 0.6 is 0 Å². The standard InChI is InChI=1S/C12H21N7O2/c13-18-10-14-9(17-12(8-20)2-1-3-12)15-11(16-10)19-4-6-21-7-5-19/h20H,1-8,13H2,(H2,14,15,16,17,18). The molecule has 2 fully saturated rings. The monoisotopic (exact) mass is 295 g/mol. The van der Waals surface area contributed by atoms with Crippen LogP contribution in [0, 0.1) is 0 Å². The molecule has 0 bridgehead atoms. The molecule has 9 nitrogen and oxygen atoms in total. The average Bonchev–Trinajstić information content (AvgIpc) is 2.51. The number of aliphatic hydroxyl groups excluding tert-OH is 1. The Morgan fingerprint density at radius 3 is 2.48 bits per heavy atom. The van der Waals surface area contributed by atoms with Gasteiger partial charge in [0.2, 0.25) is 17.8 Å². The van der Waals surface area contributed by atoms with E-state index < -0.39 is 0 Å². The van der Waals surface area contributed by atoms with Crippen molar-refractivity contribution in [3.05, 3.63) is 0 Å². The number of hydrogen-bond donors (Lipinski definition) is 4. The SMILES string of the molecule is NNc1nc(NC2(CO)CCC2)nc(N2CCOCC2)n1. The van der Waals surface area contributed by atoms with Gasteiger partial charge in [-0.15, -0.1) is 0 Å². The summed E-state index contributed by atoms with van der Waals surface area (Å²) < 4.78 is 5.33. The van der Waals surface area contributed by atoms with E-state index in [0.717, 1.165) is 32.4 Å². The lowest BCUT2D eigenvalue weighted by atomic mass is 9.77. The first-order valence-electron chi connectivity index (χ1n) is 7.19. The Labute approximate surface area is 122 Å². The molecule has 1 aromatic heterocycles. The van der Waals surface area contributed by atoms with Crippen molar-refractivity contribution in [1.82, 2.24) is 15.0 Å². The largest absolute Gasteiger partial charge is 0.394 e. The molecule has 1 saturated heterocycles. The molecule has 0 amide bonds. The van der Waals surface area contributed by atoms with Gasteiger partial charge >= 0.3 is 0 Å². The predicted molar refractivity (Wildman–Crippen MR) is 78.0 cm³/mol. The summed E-state index contributed by atoms with van der Waals surface area (Å²) in [5.74, 6) is 6.75. The lowest BCUT2D eigenvalue weighted by Crippen LogP contribution is -2.49. The zero-order valence-electron chi connectivity index (χ0n) is 11.9. The second kappa shape index (κ2) is 5.96. The lowest BCUT2D eigenvalue weighted by molar-refractivity contribution is 0.122. The van der Waals surface area contributed by atoms with Gasteiger partial charge in [0.1, 0.15) is 0 Å². The van der Waals surface area contributed by atoms with Crippen LogP contribution in [0.4, 0.5) is 17.8 Å². The zero-order chi connectivity index (χ0) is 14.7. The number of ether oxygens (including phenoxy) is 1. The molecule has 1 aliphatic heterocycles. The first-order chi connectivity index (χ1) is 10.2. The minimum absolute atomic E-state index is 0.0664. The molecule has 1 aliphatic carbocycles. The van der Waals surface area contributed by atoms with Gasteiger partial charge in [0.05, 0.1) is 25.4 Å². The van der Waals surface area contributed by atoms with E-state index in [9.17, 15) is 5.11 Å². The fourth-order valence-electron chi connectivity index (χ4n) is 2.55. The summed E-state index contributed by atoms with van der Waals surface area (Å²) in [5.41, 5.74) is 2.15. The van der Waals surface area contributed by atoms with Crippen LogP contribution in [0.15, 0.2) is 0 Å². The van der Waals surface area contributed by atoms with Gasteiger partial charge in [-0.25, -0.2) is 5.84 Å². The number of aliphatic hydroxyl groups is 1. The van der Waals surface area contributed by atoms with Crippen molar-refractivity contribution in [2.75, 3.05) is 48.6 Å².